The molecule has 21 heavy (non-hydrogen) atoms. The standard InChI is InChI=1S/C13H19N3O4S/c1-9(10-4-5-10)15(3)21(19,20)13-8-11(16(17)18)6-7-12(13)14-2/h6-10,14H,4-5H2,1-3H3. The van der Waals surface area contributed by atoms with E-state index < -0.39 is 14.9 Å². The number of anilines is 1. The maximum atomic E-state index is 12.7. The molecule has 1 aromatic carbocycles. The van der Waals surface area contributed by atoms with Crippen molar-refractivity contribution in [3.63, 3.8) is 0 Å². The van der Waals surface area contributed by atoms with E-state index >= 15 is 0 Å². The maximum absolute atomic E-state index is 12.7. The van der Waals surface area contributed by atoms with Gasteiger partial charge in [0.05, 0.1) is 10.6 Å². The zero-order chi connectivity index (χ0) is 15.8. The normalized spacial score (nSPS) is 16.8. The average Bonchev–Trinajstić information content (AvgIpc) is 3.29. The van der Waals surface area contributed by atoms with Crippen LogP contribution in [0.4, 0.5) is 11.4 Å². The van der Waals surface area contributed by atoms with Crippen molar-refractivity contribution in [2.75, 3.05) is 19.4 Å². The molecule has 1 fully saturated rings. The summed E-state index contributed by atoms with van der Waals surface area (Å²) in [6.45, 7) is 1.87. The number of benzene rings is 1. The summed E-state index contributed by atoms with van der Waals surface area (Å²) < 4.78 is 26.8. The lowest BCUT2D eigenvalue weighted by Crippen LogP contribution is -2.36. The number of non-ortho nitro benzene ring substituents is 1. The average molecular weight is 313 g/mol. The smallest absolute Gasteiger partial charge is 0.270 e. The lowest BCUT2D eigenvalue weighted by Gasteiger charge is -2.25. The van der Waals surface area contributed by atoms with Crippen molar-refractivity contribution >= 4 is 21.4 Å². The van der Waals surface area contributed by atoms with Gasteiger partial charge in [0.1, 0.15) is 4.90 Å². The van der Waals surface area contributed by atoms with Crippen LogP contribution in [0.3, 0.4) is 0 Å². The third-order valence-electron chi connectivity index (χ3n) is 3.98. The second-order valence-corrected chi connectivity index (χ2v) is 7.25. The predicted molar refractivity (Wildman–Crippen MR) is 79.8 cm³/mol. The first kappa shape index (κ1) is 15.7. The maximum Gasteiger partial charge on any atom is 0.270 e. The van der Waals surface area contributed by atoms with Gasteiger partial charge < -0.3 is 5.32 Å². The largest absolute Gasteiger partial charge is 0.387 e. The van der Waals surface area contributed by atoms with Gasteiger partial charge in [0.25, 0.3) is 5.69 Å². The van der Waals surface area contributed by atoms with E-state index in [1.165, 1.54) is 23.5 Å². The monoisotopic (exact) mass is 313 g/mol. The minimum atomic E-state index is -3.78. The van der Waals surface area contributed by atoms with Crippen molar-refractivity contribution in [1.29, 1.82) is 0 Å². The van der Waals surface area contributed by atoms with E-state index in [4.69, 9.17) is 0 Å². The highest BCUT2D eigenvalue weighted by Crippen LogP contribution is 2.37. The van der Waals surface area contributed by atoms with Crippen LogP contribution in [0, 0.1) is 16.0 Å². The van der Waals surface area contributed by atoms with Crippen LogP contribution in [-0.2, 0) is 10.0 Å². The fraction of sp³-hybridized carbons (Fsp3) is 0.538. The third-order valence-corrected chi connectivity index (χ3v) is 5.96. The van der Waals surface area contributed by atoms with Gasteiger partial charge in [-0.3, -0.25) is 10.1 Å². The highest BCUT2D eigenvalue weighted by Gasteiger charge is 2.37. The van der Waals surface area contributed by atoms with E-state index in [9.17, 15) is 18.5 Å². The molecular weight excluding hydrogens is 294 g/mol. The highest BCUT2D eigenvalue weighted by atomic mass is 32.2. The minimum Gasteiger partial charge on any atom is -0.387 e. The lowest BCUT2D eigenvalue weighted by atomic mass is 10.2. The molecule has 0 amide bonds. The lowest BCUT2D eigenvalue weighted by molar-refractivity contribution is -0.385. The topological polar surface area (TPSA) is 92.5 Å². The Kier molecular flexibility index (Phi) is 4.20. The quantitative estimate of drug-likeness (QED) is 0.641. The minimum absolute atomic E-state index is 0.0609. The van der Waals surface area contributed by atoms with Gasteiger partial charge in [-0.2, -0.15) is 4.31 Å². The Morgan fingerprint density at radius 3 is 2.52 bits per heavy atom. The molecule has 1 unspecified atom stereocenters. The summed E-state index contributed by atoms with van der Waals surface area (Å²) in [7, 11) is -0.663. The Bertz CT molecular complexity index is 655. The van der Waals surface area contributed by atoms with E-state index in [1.54, 1.807) is 7.05 Å². The van der Waals surface area contributed by atoms with Crippen molar-refractivity contribution in [2.24, 2.45) is 5.92 Å². The molecule has 0 saturated heterocycles. The molecule has 116 valence electrons. The van der Waals surface area contributed by atoms with Crippen LogP contribution in [0.5, 0.6) is 0 Å². The molecule has 1 aromatic rings. The summed E-state index contributed by atoms with van der Waals surface area (Å²) in [5.74, 6) is 0.376. The van der Waals surface area contributed by atoms with Crippen molar-refractivity contribution in [2.45, 2.75) is 30.7 Å². The van der Waals surface area contributed by atoms with Gasteiger partial charge in [-0.1, -0.05) is 0 Å². The van der Waals surface area contributed by atoms with Crippen LogP contribution >= 0.6 is 0 Å². The second kappa shape index (κ2) is 5.61. The molecule has 1 aliphatic rings. The van der Waals surface area contributed by atoms with E-state index in [-0.39, 0.29) is 16.6 Å². The van der Waals surface area contributed by atoms with Gasteiger partial charge in [0.15, 0.2) is 0 Å². The molecule has 0 radical (unpaired) electrons. The first-order valence-corrected chi connectivity index (χ1v) is 8.17. The van der Waals surface area contributed by atoms with Gasteiger partial charge >= 0.3 is 0 Å². The predicted octanol–water partition coefficient (Wildman–Crippen LogP) is 2.06. The molecule has 0 heterocycles. The van der Waals surface area contributed by atoms with Crippen molar-refractivity contribution in [1.82, 2.24) is 4.31 Å². The number of nitrogens with zero attached hydrogens (tertiary/aromatic N) is 2. The van der Waals surface area contributed by atoms with Gasteiger partial charge in [-0.05, 0) is 31.7 Å². The Morgan fingerprint density at radius 1 is 1.43 bits per heavy atom. The van der Waals surface area contributed by atoms with Crippen LogP contribution in [0.15, 0.2) is 23.1 Å². The molecule has 0 aromatic heterocycles. The van der Waals surface area contributed by atoms with Crippen LogP contribution in [0.2, 0.25) is 0 Å². The first-order valence-electron chi connectivity index (χ1n) is 6.73. The zero-order valence-corrected chi connectivity index (χ0v) is 13.1. The van der Waals surface area contributed by atoms with Crippen molar-refractivity contribution in [3.05, 3.63) is 28.3 Å². The fourth-order valence-corrected chi connectivity index (χ4v) is 3.93. The van der Waals surface area contributed by atoms with E-state index in [2.05, 4.69) is 5.32 Å². The number of hydrogen-bond acceptors (Lipinski definition) is 5. The SMILES string of the molecule is CNc1ccc([N+](=O)[O-])cc1S(=O)(=O)N(C)C(C)C1CC1. The Morgan fingerprint density at radius 2 is 2.05 bits per heavy atom. The summed E-state index contributed by atoms with van der Waals surface area (Å²) in [5.41, 5.74) is 0.121. The summed E-state index contributed by atoms with van der Waals surface area (Å²) in [6.07, 6.45) is 2.05. The summed E-state index contributed by atoms with van der Waals surface area (Å²) in [5, 5.41) is 13.7. The van der Waals surface area contributed by atoms with Crippen LogP contribution in [0.25, 0.3) is 0 Å². The van der Waals surface area contributed by atoms with E-state index in [0.717, 1.165) is 18.9 Å². The van der Waals surface area contributed by atoms with E-state index in [0.29, 0.717) is 11.6 Å². The number of nitro benzene ring substituents is 1. The van der Waals surface area contributed by atoms with Crippen LogP contribution < -0.4 is 5.32 Å². The molecule has 0 bridgehead atoms. The summed E-state index contributed by atoms with van der Waals surface area (Å²) in [6, 6.07) is 3.70. The number of nitrogens with one attached hydrogen (secondary N) is 1. The number of sulfonamides is 1. The molecule has 8 heteroatoms. The zero-order valence-electron chi connectivity index (χ0n) is 12.2. The molecule has 2 rings (SSSR count). The number of hydrogen-bond donors (Lipinski definition) is 1. The van der Waals surface area contributed by atoms with Gasteiger partial charge in [0, 0.05) is 32.3 Å². The highest BCUT2D eigenvalue weighted by molar-refractivity contribution is 7.89. The fourth-order valence-electron chi connectivity index (χ4n) is 2.29. The molecule has 1 saturated carbocycles. The molecular formula is C13H19N3O4S. The summed E-state index contributed by atoms with van der Waals surface area (Å²) in [4.78, 5) is 10.2. The Labute approximate surface area is 124 Å². The molecule has 0 aliphatic heterocycles. The molecule has 1 aliphatic carbocycles. The number of nitro groups is 1. The molecule has 1 atom stereocenters. The Hall–Kier alpha value is -1.67. The Balaban J connectivity index is 2.46. The number of rotatable bonds is 6. The first-order chi connectivity index (χ1) is 9.78. The molecule has 1 N–H and O–H groups in total. The van der Waals surface area contributed by atoms with Crippen LogP contribution in [0.1, 0.15) is 19.8 Å². The van der Waals surface area contributed by atoms with Crippen molar-refractivity contribution in [3.8, 4) is 0 Å². The van der Waals surface area contributed by atoms with Gasteiger partial charge in [-0.25, -0.2) is 8.42 Å². The van der Waals surface area contributed by atoms with E-state index in [1.807, 2.05) is 6.92 Å². The third kappa shape index (κ3) is 3.01. The van der Waals surface area contributed by atoms with Crippen molar-refractivity contribution < 1.29 is 13.3 Å². The molecule has 7 nitrogen and oxygen atoms in total. The molecule has 0 spiro atoms. The summed E-state index contributed by atoms with van der Waals surface area (Å²) >= 11 is 0. The van der Waals surface area contributed by atoms with Crippen LogP contribution in [-0.4, -0.2) is 37.8 Å². The van der Waals surface area contributed by atoms with Gasteiger partial charge in [0.2, 0.25) is 10.0 Å². The second-order valence-electron chi connectivity index (χ2n) is 5.29. The van der Waals surface area contributed by atoms with Gasteiger partial charge in [-0.15, -0.1) is 0 Å².